The third-order valence-electron chi connectivity index (χ3n) is 3.75. The van der Waals surface area contributed by atoms with Crippen molar-refractivity contribution in [2.45, 2.75) is 19.8 Å². The Hall–Kier alpha value is -2.14. The first kappa shape index (κ1) is 14.8. The van der Waals surface area contributed by atoms with Crippen LogP contribution in [-0.2, 0) is 0 Å². The molecule has 0 unspecified atom stereocenters. The topological polar surface area (TPSA) is 67.4 Å². The third-order valence-corrected chi connectivity index (χ3v) is 4.04. The highest BCUT2D eigenvalue weighted by Crippen LogP contribution is 2.24. The lowest BCUT2D eigenvalue weighted by atomic mass is 10.2. The minimum Gasteiger partial charge on any atom is -0.383 e. The van der Waals surface area contributed by atoms with Crippen molar-refractivity contribution in [1.82, 2.24) is 9.97 Å². The molecule has 0 atom stereocenters. The Morgan fingerprint density at radius 1 is 1.23 bits per heavy atom. The summed E-state index contributed by atoms with van der Waals surface area (Å²) in [6.07, 6.45) is 3.93. The molecule has 0 spiro atoms. The Morgan fingerprint density at radius 3 is 2.64 bits per heavy atom. The smallest absolute Gasteiger partial charge is 0.228 e. The summed E-state index contributed by atoms with van der Waals surface area (Å²) in [5.74, 6) is 0.965. The summed E-state index contributed by atoms with van der Waals surface area (Å²) in [4.78, 5) is 15.3. The summed E-state index contributed by atoms with van der Waals surface area (Å²) in [6, 6.07) is 7.86. The van der Waals surface area contributed by atoms with Crippen LogP contribution in [0.5, 0.6) is 0 Å². The summed E-state index contributed by atoms with van der Waals surface area (Å²) in [5.41, 5.74) is 8.56. The lowest BCUT2D eigenvalue weighted by Crippen LogP contribution is -2.21. The molecule has 0 radical (unpaired) electrons. The third kappa shape index (κ3) is 3.04. The summed E-state index contributed by atoms with van der Waals surface area (Å²) in [5, 5.41) is 0.340. The Morgan fingerprint density at radius 2 is 1.95 bits per heavy atom. The molecule has 2 aromatic rings. The molecule has 22 heavy (non-hydrogen) atoms. The normalized spacial score (nSPS) is 14.9. The molecule has 0 bridgehead atoms. The molecule has 0 saturated carbocycles. The van der Waals surface area contributed by atoms with Gasteiger partial charge in [0.1, 0.15) is 11.0 Å². The SMILES string of the molecule is Cc1ccccc1N=Cc1c(N)nc(N2CCCC2)nc1Cl. The highest BCUT2D eigenvalue weighted by molar-refractivity contribution is 6.32. The van der Waals surface area contributed by atoms with Gasteiger partial charge in [-0.05, 0) is 31.4 Å². The van der Waals surface area contributed by atoms with Crippen molar-refractivity contribution in [3.8, 4) is 0 Å². The van der Waals surface area contributed by atoms with Crippen LogP contribution in [0.15, 0.2) is 29.3 Å². The average Bonchev–Trinajstić information content (AvgIpc) is 3.02. The number of para-hydroxylation sites is 1. The molecular formula is C16H18ClN5. The number of aliphatic imine (C=N–C) groups is 1. The van der Waals surface area contributed by atoms with Crippen molar-refractivity contribution in [3.63, 3.8) is 0 Å². The first-order valence-corrected chi connectivity index (χ1v) is 7.70. The molecule has 2 heterocycles. The number of anilines is 2. The van der Waals surface area contributed by atoms with E-state index in [1.54, 1.807) is 6.21 Å². The van der Waals surface area contributed by atoms with Crippen LogP contribution in [-0.4, -0.2) is 29.3 Å². The van der Waals surface area contributed by atoms with Crippen LogP contribution in [0.2, 0.25) is 5.15 Å². The summed E-state index contributed by atoms with van der Waals surface area (Å²) in [6.45, 7) is 3.91. The van der Waals surface area contributed by atoms with Crippen LogP contribution >= 0.6 is 11.6 Å². The van der Waals surface area contributed by atoms with Crippen molar-refractivity contribution in [3.05, 3.63) is 40.5 Å². The van der Waals surface area contributed by atoms with Gasteiger partial charge in [-0.2, -0.15) is 4.98 Å². The van der Waals surface area contributed by atoms with Crippen molar-refractivity contribution < 1.29 is 0 Å². The second kappa shape index (κ2) is 6.32. The van der Waals surface area contributed by atoms with E-state index in [9.17, 15) is 0 Å². The first-order chi connectivity index (χ1) is 10.6. The number of aromatic nitrogens is 2. The maximum absolute atomic E-state index is 6.27. The quantitative estimate of drug-likeness (QED) is 0.696. The fourth-order valence-corrected chi connectivity index (χ4v) is 2.69. The number of aryl methyl sites for hydroxylation is 1. The van der Waals surface area contributed by atoms with Crippen LogP contribution in [0.4, 0.5) is 17.5 Å². The van der Waals surface area contributed by atoms with E-state index >= 15 is 0 Å². The summed E-state index contributed by atoms with van der Waals surface area (Å²) >= 11 is 6.27. The van der Waals surface area contributed by atoms with E-state index in [1.165, 1.54) is 0 Å². The van der Waals surface area contributed by atoms with Crippen molar-refractivity contribution in [2.24, 2.45) is 4.99 Å². The van der Waals surface area contributed by atoms with Gasteiger partial charge in [0.2, 0.25) is 5.95 Å². The second-order valence-corrected chi connectivity index (χ2v) is 5.71. The molecular weight excluding hydrogens is 298 g/mol. The van der Waals surface area contributed by atoms with E-state index in [4.69, 9.17) is 17.3 Å². The minimum absolute atomic E-state index is 0.340. The first-order valence-electron chi connectivity index (χ1n) is 7.33. The van der Waals surface area contributed by atoms with Gasteiger partial charge in [-0.3, -0.25) is 4.99 Å². The summed E-state index contributed by atoms with van der Waals surface area (Å²) < 4.78 is 0. The van der Waals surface area contributed by atoms with E-state index in [-0.39, 0.29) is 0 Å². The predicted octanol–water partition coefficient (Wildman–Crippen LogP) is 3.37. The molecule has 3 rings (SSSR count). The molecule has 2 N–H and O–H groups in total. The Balaban J connectivity index is 1.89. The zero-order valence-electron chi connectivity index (χ0n) is 12.5. The highest BCUT2D eigenvalue weighted by atomic mass is 35.5. The Labute approximate surface area is 134 Å². The van der Waals surface area contributed by atoms with Crippen LogP contribution in [0, 0.1) is 6.92 Å². The van der Waals surface area contributed by atoms with E-state index in [1.807, 2.05) is 31.2 Å². The van der Waals surface area contributed by atoms with Gasteiger partial charge >= 0.3 is 0 Å². The highest BCUT2D eigenvalue weighted by Gasteiger charge is 2.18. The monoisotopic (exact) mass is 315 g/mol. The summed E-state index contributed by atoms with van der Waals surface area (Å²) in [7, 11) is 0. The number of rotatable bonds is 3. The van der Waals surface area contributed by atoms with Crippen LogP contribution < -0.4 is 10.6 Å². The van der Waals surface area contributed by atoms with E-state index < -0.39 is 0 Å². The predicted molar refractivity (Wildman–Crippen MR) is 91.3 cm³/mol. The molecule has 1 aromatic heterocycles. The van der Waals surface area contributed by atoms with Gasteiger partial charge in [0.25, 0.3) is 0 Å². The van der Waals surface area contributed by atoms with E-state index in [0.717, 1.165) is 37.2 Å². The maximum atomic E-state index is 6.27. The van der Waals surface area contributed by atoms with E-state index in [2.05, 4.69) is 19.9 Å². The molecule has 1 aliphatic heterocycles. The van der Waals surface area contributed by atoms with Gasteiger partial charge in [-0.15, -0.1) is 0 Å². The largest absolute Gasteiger partial charge is 0.383 e. The number of nitrogen functional groups attached to an aromatic ring is 1. The second-order valence-electron chi connectivity index (χ2n) is 5.35. The number of nitrogens with zero attached hydrogens (tertiary/aromatic N) is 4. The van der Waals surface area contributed by atoms with Crippen molar-refractivity contribution in [2.75, 3.05) is 23.7 Å². The van der Waals surface area contributed by atoms with Gasteiger partial charge < -0.3 is 10.6 Å². The van der Waals surface area contributed by atoms with Crippen LogP contribution in [0.25, 0.3) is 0 Å². The Bertz CT molecular complexity index is 684. The zero-order chi connectivity index (χ0) is 15.5. The molecule has 114 valence electrons. The fourth-order valence-electron chi connectivity index (χ4n) is 2.47. The molecule has 1 fully saturated rings. The Kier molecular flexibility index (Phi) is 4.24. The molecule has 5 nitrogen and oxygen atoms in total. The molecule has 6 heteroatoms. The van der Waals surface area contributed by atoms with Crippen molar-refractivity contribution >= 4 is 35.3 Å². The van der Waals surface area contributed by atoms with Crippen LogP contribution in [0.3, 0.4) is 0 Å². The van der Waals surface area contributed by atoms with Gasteiger partial charge in [0, 0.05) is 19.3 Å². The molecule has 1 aromatic carbocycles. The van der Waals surface area contributed by atoms with Gasteiger partial charge in [-0.1, -0.05) is 29.8 Å². The van der Waals surface area contributed by atoms with Gasteiger partial charge in [-0.25, -0.2) is 4.98 Å². The number of benzene rings is 1. The molecule has 0 aliphatic carbocycles. The molecule has 1 aliphatic rings. The fraction of sp³-hybridized carbons (Fsp3) is 0.312. The van der Waals surface area contributed by atoms with Gasteiger partial charge in [0.05, 0.1) is 11.3 Å². The van der Waals surface area contributed by atoms with Gasteiger partial charge in [0.15, 0.2) is 0 Å². The van der Waals surface area contributed by atoms with Crippen molar-refractivity contribution in [1.29, 1.82) is 0 Å². The van der Waals surface area contributed by atoms with Crippen LogP contribution in [0.1, 0.15) is 24.0 Å². The lowest BCUT2D eigenvalue weighted by Gasteiger charge is -2.16. The average molecular weight is 316 g/mol. The number of halogens is 1. The minimum atomic E-state index is 0.340. The maximum Gasteiger partial charge on any atom is 0.228 e. The number of hydrogen-bond donors (Lipinski definition) is 1. The standard InChI is InChI=1S/C16H18ClN5/c1-11-6-2-3-7-13(11)19-10-12-14(17)20-16(21-15(12)18)22-8-4-5-9-22/h2-3,6-7,10H,4-5,8-9H2,1H3,(H2,18,20,21). The number of hydrogen-bond acceptors (Lipinski definition) is 5. The molecule has 1 saturated heterocycles. The van der Waals surface area contributed by atoms with E-state index in [0.29, 0.717) is 22.5 Å². The zero-order valence-corrected chi connectivity index (χ0v) is 13.2. The molecule has 0 amide bonds. The lowest BCUT2D eigenvalue weighted by molar-refractivity contribution is 0.900. The number of nitrogens with two attached hydrogens (primary N) is 1.